The average molecular weight is 293 g/mol. The maximum absolute atomic E-state index is 11.9. The van der Waals surface area contributed by atoms with Crippen LogP contribution < -0.4 is 5.32 Å². The molecule has 0 aliphatic rings. The number of para-hydroxylation sites is 2. The molecule has 0 fully saturated rings. The number of aromatic nitrogens is 2. The molecule has 3 aromatic rings. The Bertz CT molecular complexity index is 800. The van der Waals surface area contributed by atoms with Gasteiger partial charge in [0, 0.05) is 17.2 Å². The lowest BCUT2D eigenvalue weighted by Crippen LogP contribution is -2.18. The van der Waals surface area contributed by atoms with Gasteiger partial charge >= 0.3 is 0 Å². The zero-order chi connectivity index (χ0) is 15.7. The predicted octanol–water partition coefficient (Wildman–Crippen LogP) is 4.13. The van der Waals surface area contributed by atoms with Gasteiger partial charge in [0.05, 0.1) is 11.0 Å². The van der Waals surface area contributed by atoms with Crippen molar-refractivity contribution in [3.63, 3.8) is 0 Å². The van der Waals surface area contributed by atoms with Crippen LogP contribution in [0.25, 0.3) is 22.4 Å². The smallest absolute Gasteiger partial charge is 0.226 e. The number of carbonyl (C=O) groups excluding carboxylic acids is 1. The minimum absolute atomic E-state index is 0.0184. The van der Waals surface area contributed by atoms with Crippen molar-refractivity contribution >= 4 is 22.6 Å². The normalized spacial score (nSPS) is 11.1. The molecule has 112 valence electrons. The number of amides is 1. The van der Waals surface area contributed by atoms with Crippen molar-refractivity contribution in [2.45, 2.75) is 20.8 Å². The molecule has 0 atom stereocenters. The van der Waals surface area contributed by atoms with Crippen LogP contribution in [0.3, 0.4) is 0 Å². The van der Waals surface area contributed by atoms with E-state index in [1.807, 2.05) is 63.2 Å². The Morgan fingerprint density at radius 2 is 1.95 bits per heavy atom. The van der Waals surface area contributed by atoms with Crippen LogP contribution in [0.1, 0.15) is 19.4 Å². The van der Waals surface area contributed by atoms with E-state index in [1.54, 1.807) is 0 Å². The van der Waals surface area contributed by atoms with Gasteiger partial charge in [-0.15, -0.1) is 0 Å². The van der Waals surface area contributed by atoms with Crippen molar-refractivity contribution in [1.82, 2.24) is 9.97 Å². The molecule has 1 heterocycles. The first kappa shape index (κ1) is 14.3. The van der Waals surface area contributed by atoms with Gasteiger partial charge in [-0.1, -0.05) is 38.1 Å². The maximum atomic E-state index is 11.9. The van der Waals surface area contributed by atoms with Crippen LogP contribution >= 0.6 is 0 Å². The summed E-state index contributed by atoms with van der Waals surface area (Å²) in [5.41, 5.74) is 4.77. The topological polar surface area (TPSA) is 57.8 Å². The Hall–Kier alpha value is -2.62. The first-order chi connectivity index (χ1) is 10.5. The summed E-state index contributed by atoms with van der Waals surface area (Å²) in [4.78, 5) is 19.8. The Morgan fingerprint density at radius 1 is 1.18 bits per heavy atom. The zero-order valence-electron chi connectivity index (χ0n) is 13.0. The Kier molecular flexibility index (Phi) is 3.67. The molecule has 0 aliphatic heterocycles. The SMILES string of the molecule is Cc1ccc(-c2nc3ccccc3[nH]2)cc1NC(=O)C(C)C. The molecule has 4 nitrogen and oxygen atoms in total. The lowest BCUT2D eigenvalue weighted by Gasteiger charge is -2.11. The van der Waals surface area contributed by atoms with Crippen LogP contribution in [-0.4, -0.2) is 15.9 Å². The molecule has 0 radical (unpaired) electrons. The second-order valence-corrected chi connectivity index (χ2v) is 5.78. The predicted molar refractivity (Wildman–Crippen MR) is 89.7 cm³/mol. The number of anilines is 1. The molecule has 0 bridgehead atoms. The summed E-state index contributed by atoms with van der Waals surface area (Å²) in [5, 5.41) is 2.97. The van der Waals surface area contributed by atoms with E-state index in [9.17, 15) is 4.79 Å². The molecule has 0 saturated carbocycles. The molecule has 22 heavy (non-hydrogen) atoms. The van der Waals surface area contributed by atoms with Gasteiger partial charge in [0.1, 0.15) is 5.82 Å². The summed E-state index contributed by atoms with van der Waals surface area (Å²) >= 11 is 0. The molecule has 0 aliphatic carbocycles. The number of fused-ring (bicyclic) bond motifs is 1. The lowest BCUT2D eigenvalue weighted by molar-refractivity contribution is -0.118. The van der Waals surface area contributed by atoms with E-state index in [2.05, 4.69) is 15.3 Å². The molecule has 2 aromatic carbocycles. The van der Waals surface area contributed by atoms with Crippen LogP contribution in [0, 0.1) is 12.8 Å². The van der Waals surface area contributed by atoms with Crippen molar-refractivity contribution in [2.24, 2.45) is 5.92 Å². The third-order valence-electron chi connectivity index (χ3n) is 3.68. The number of nitrogens with zero attached hydrogens (tertiary/aromatic N) is 1. The molecular weight excluding hydrogens is 274 g/mol. The summed E-state index contributed by atoms with van der Waals surface area (Å²) < 4.78 is 0. The fourth-order valence-electron chi connectivity index (χ4n) is 2.27. The minimum Gasteiger partial charge on any atom is -0.338 e. The number of carbonyl (C=O) groups is 1. The number of hydrogen-bond donors (Lipinski definition) is 2. The number of benzene rings is 2. The minimum atomic E-state index is -0.0470. The molecular formula is C18H19N3O. The van der Waals surface area contributed by atoms with E-state index in [1.165, 1.54) is 0 Å². The second-order valence-electron chi connectivity index (χ2n) is 5.78. The first-order valence-corrected chi connectivity index (χ1v) is 7.41. The standard InChI is InChI=1S/C18H19N3O/c1-11(2)18(22)21-16-10-13(9-8-12(16)3)17-19-14-6-4-5-7-15(14)20-17/h4-11H,1-3H3,(H,19,20)(H,21,22). The molecule has 2 N–H and O–H groups in total. The van der Waals surface area contributed by atoms with E-state index in [-0.39, 0.29) is 11.8 Å². The van der Waals surface area contributed by atoms with E-state index in [4.69, 9.17) is 0 Å². The number of hydrogen-bond acceptors (Lipinski definition) is 2. The highest BCUT2D eigenvalue weighted by Crippen LogP contribution is 2.25. The molecule has 0 unspecified atom stereocenters. The summed E-state index contributed by atoms with van der Waals surface area (Å²) in [6.07, 6.45) is 0. The number of aromatic amines is 1. The molecule has 4 heteroatoms. The molecule has 0 spiro atoms. The summed E-state index contributed by atoms with van der Waals surface area (Å²) in [5.74, 6) is 0.778. The highest BCUT2D eigenvalue weighted by molar-refractivity contribution is 5.93. The van der Waals surface area contributed by atoms with Crippen LogP contribution in [0.4, 0.5) is 5.69 Å². The van der Waals surface area contributed by atoms with Gasteiger partial charge < -0.3 is 10.3 Å². The van der Waals surface area contributed by atoms with Gasteiger partial charge in [0.2, 0.25) is 5.91 Å². The third-order valence-corrected chi connectivity index (χ3v) is 3.68. The third kappa shape index (κ3) is 2.72. The van der Waals surface area contributed by atoms with E-state index in [0.29, 0.717) is 0 Å². The fourth-order valence-corrected chi connectivity index (χ4v) is 2.27. The van der Waals surface area contributed by atoms with Crippen molar-refractivity contribution in [3.8, 4) is 11.4 Å². The summed E-state index contributed by atoms with van der Waals surface area (Å²) in [6, 6.07) is 13.9. The van der Waals surface area contributed by atoms with Gasteiger partial charge in [-0.25, -0.2) is 4.98 Å². The zero-order valence-corrected chi connectivity index (χ0v) is 13.0. The molecule has 1 aromatic heterocycles. The monoisotopic (exact) mass is 293 g/mol. The lowest BCUT2D eigenvalue weighted by atomic mass is 10.1. The van der Waals surface area contributed by atoms with Crippen LogP contribution in [-0.2, 0) is 4.79 Å². The average Bonchev–Trinajstić information content (AvgIpc) is 2.93. The van der Waals surface area contributed by atoms with Crippen molar-refractivity contribution in [3.05, 3.63) is 48.0 Å². The van der Waals surface area contributed by atoms with Crippen LogP contribution in [0.15, 0.2) is 42.5 Å². The van der Waals surface area contributed by atoms with Crippen LogP contribution in [0.2, 0.25) is 0 Å². The van der Waals surface area contributed by atoms with Crippen LogP contribution in [0.5, 0.6) is 0 Å². The Morgan fingerprint density at radius 3 is 2.68 bits per heavy atom. The quantitative estimate of drug-likeness (QED) is 0.762. The largest absolute Gasteiger partial charge is 0.338 e. The summed E-state index contributed by atoms with van der Waals surface area (Å²) in [6.45, 7) is 5.75. The fraction of sp³-hybridized carbons (Fsp3) is 0.222. The number of nitrogens with one attached hydrogen (secondary N) is 2. The number of imidazole rings is 1. The number of aryl methyl sites for hydroxylation is 1. The highest BCUT2D eigenvalue weighted by atomic mass is 16.1. The van der Waals surface area contributed by atoms with Crippen molar-refractivity contribution < 1.29 is 4.79 Å². The molecule has 0 saturated heterocycles. The van der Waals surface area contributed by atoms with Gasteiger partial charge in [-0.05, 0) is 30.7 Å². The van der Waals surface area contributed by atoms with Crippen molar-refractivity contribution in [1.29, 1.82) is 0 Å². The van der Waals surface area contributed by atoms with Crippen molar-refractivity contribution in [2.75, 3.05) is 5.32 Å². The first-order valence-electron chi connectivity index (χ1n) is 7.41. The van der Waals surface area contributed by atoms with Gasteiger partial charge in [-0.2, -0.15) is 0 Å². The Labute approximate surface area is 129 Å². The highest BCUT2D eigenvalue weighted by Gasteiger charge is 2.11. The molecule has 1 amide bonds. The molecule has 3 rings (SSSR count). The van der Waals surface area contributed by atoms with E-state index in [0.717, 1.165) is 33.7 Å². The van der Waals surface area contributed by atoms with E-state index < -0.39 is 0 Å². The number of rotatable bonds is 3. The second kappa shape index (κ2) is 5.64. The maximum Gasteiger partial charge on any atom is 0.226 e. The van der Waals surface area contributed by atoms with E-state index >= 15 is 0 Å². The number of H-pyrrole nitrogens is 1. The van der Waals surface area contributed by atoms with Gasteiger partial charge in [0.15, 0.2) is 0 Å². The van der Waals surface area contributed by atoms with Gasteiger partial charge in [0.25, 0.3) is 0 Å². The summed E-state index contributed by atoms with van der Waals surface area (Å²) in [7, 11) is 0. The Balaban J connectivity index is 1.99. The van der Waals surface area contributed by atoms with Gasteiger partial charge in [-0.3, -0.25) is 4.79 Å².